The Morgan fingerprint density at radius 1 is 0.583 bits per heavy atom. The molecule has 0 aromatic heterocycles. The summed E-state index contributed by atoms with van der Waals surface area (Å²) in [6.07, 6.45) is 0. The van der Waals surface area contributed by atoms with Crippen molar-refractivity contribution in [3.63, 3.8) is 0 Å². The molecule has 0 atom stereocenters. The van der Waals surface area contributed by atoms with Gasteiger partial charge in [0.2, 0.25) is 0 Å². The van der Waals surface area contributed by atoms with E-state index in [0.29, 0.717) is 0 Å². The van der Waals surface area contributed by atoms with Gasteiger partial charge in [-0.25, -0.2) is 0 Å². The van der Waals surface area contributed by atoms with E-state index in [9.17, 15) is 4.21 Å². The molecule has 4 aromatic carbocycles. The summed E-state index contributed by atoms with van der Waals surface area (Å²) < 4.78 is 10.1. The minimum atomic E-state index is -1.01. The maximum absolute atomic E-state index is 10.1. The van der Waals surface area contributed by atoms with Crippen molar-refractivity contribution in [1.29, 1.82) is 0 Å². The lowest BCUT2D eigenvalue weighted by Gasteiger charge is -2.04. The van der Waals surface area contributed by atoms with Gasteiger partial charge in [-0.3, -0.25) is 4.21 Å². The summed E-state index contributed by atoms with van der Waals surface area (Å²) in [5.41, 5.74) is 0. The molecule has 1 nitrogen and oxygen atoms in total. The van der Waals surface area contributed by atoms with E-state index in [2.05, 4.69) is 86.0 Å². The lowest BCUT2D eigenvalue weighted by Crippen LogP contribution is -1.78. The van der Waals surface area contributed by atoms with Gasteiger partial charge < -0.3 is 0 Å². The van der Waals surface area contributed by atoms with Crippen molar-refractivity contribution in [2.75, 3.05) is 0 Å². The Labute approximate surface area is 144 Å². The third-order valence-electron chi connectivity index (χ3n) is 3.90. The average Bonchev–Trinajstić information content (AvgIpc) is 2.64. The van der Waals surface area contributed by atoms with Crippen molar-refractivity contribution in [3.8, 4) is 0 Å². The highest BCUT2D eigenvalue weighted by Gasteiger charge is 2.00. The quantitative estimate of drug-likeness (QED) is 0.402. The fraction of sp³-hybridized carbons (Fsp3) is 0. The fourth-order valence-corrected chi connectivity index (χ4v) is 2.84. The molecule has 24 heavy (non-hydrogen) atoms. The molecule has 4 aromatic rings. The molecule has 0 fully saturated rings. The van der Waals surface area contributed by atoms with Crippen LogP contribution in [0, 0.1) is 0 Å². The van der Waals surface area contributed by atoms with Crippen LogP contribution in [0.5, 0.6) is 0 Å². The van der Waals surface area contributed by atoms with Gasteiger partial charge in [-0.2, -0.15) is 0 Å². The number of rotatable bonds is 2. The molecular weight excluding hydrogens is 312 g/mol. The first kappa shape index (κ1) is 16.2. The summed E-state index contributed by atoms with van der Waals surface area (Å²) in [5, 5.41) is 10.5. The molecule has 0 aliphatic heterocycles. The minimum Gasteiger partial charge on any atom is -0.250 e. The van der Waals surface area contributed by atoms with Crippen LogP contribution in [-0.4, -0.2) is 4.21 Å². The van der Waals surface area contributed by atoms with Crippen LogP contribution in [0.1, 0.15) is 0 Å². The van der Waals surface area contributed by atoms with E-state index in [4.69, 9.17) is 0 Å². The van der Waals surface area contributed by atoms with E-state index < -0.39 is 10.8 Å². The fourth-order valence-electron chi connectivity index (χ4n) is 2.70. The van der Waals surface area contributed by atoms with Crippen LogP contribution in [0.25, 0.3) is 32.3 Å². The van der Waals surface area contributed by atoms with Crippen LogP contribution in [0.3, 0.4) is 0 Å². The average molecular weight is 330 g/mol. The van der Waals surface area contributed by atoms with Gasteiger partial charge in [-0.05, 0) is 67.4 Å². The second-order valence-corrected chi connectivity index (χ2v) is 6.73. The molecule has 4 rings (SSSR count). The predicted molar refractivity (Wildman–Crippen MR) is 107 cm³/mol. The zero-order chi connectivity index (χ0) is 16.9. The van der Waals surface area contributed by atoms with Crippen molar-refractivity contribution in [2.45, 2.75) is 0 Å². The van der Waals surface area contributed by atoms with Crippen molar-refractivity contribution in [1.82, 2.24) is 0 Å². The normalized spacial score (nSPS) is 10.5. The largest absolute Gasteiger partial charge is 0.250 e. The molecule has 0 amide bonds. The highest BCUT2D eigenvalue weighted by molar-refractivity contribution is 7.90. The lowest BCUT2D eigenvalue weighted by atomic mass is 10.00. The van der Waals surface area contributed by atoms with E-state index in [1.807, 2.05) is 0 Å². The first-order valence-electron chi connectivity index (χ1n) is 7.67. The van der Waals surface area contributed by atoms with Crippen LogP contribution in [0.15, 0.2) is 96.8 Å². The molecule has 0 unspecified atom stereocenters. The van der Waals surface area contributed by atoms with Gasteiger partial charge in [-0.15, -0.1) is 0 Å². The maximum atomic E-state index is 10.1. The van der Waals surface area contributed by atoms with Gasteiger partial charge >= 0.3 is 0 Å². The Kier molecular flexibility index (Phi) is 4.88. The Bertz CT molecular complexity index is 909. The zero-order valence-electron chi connectivity index (χ0n) is 13.3. The second kappa shape index (κ2) is 7.24. The van der Waals surface area contributed by atoms with Crippen molar-refractivity contribution in [3.05, 3.63) is 96.8 Å². The first-order valence-corrected chi connectivity index (χ1v) is 8.94. The number of hydrogen-bond donors (Lipinski definition) is 0. The summed E-state index contributed by atoms with van der Waals surface area (Å²) in [6, 6.07) is 26.2. The third kappa shape index (κ3) is 3.44. The number of fused-ring (bicyclic) bond motifs is 3. The highest BCUT2D eigenvalue weighted by Crippen LogP contribution is 2.27. The van der Waals surface area contributed by atoms with Gasteiger partial charge in [0.05, 0.1) is 10.8 Å². The summed E-state index contributed by atoms with van der Waals surface area (Å²) >= 11 is 0. The van der Waals surface area contributed by atoms with Crippen LogP contribution in [0.4, 0.5) is 0 Å². The molecule has 0 heterocycles. The smallest absolute Gasteiger partial charge is 0.0690 e. The first-order chi connectivity index (χ1) is 11.7. The molecule has 0 saturated heterocycles. The third-order valence-corrected chi connectivity index (χ3v) is 4.55. The highest BCUT2D eigenvalue weighted by atomic mass is 32.2. The Hall–Kier alpha value is -2.71. The van der Waals surface area contributed by atoms with Gasteiger partial charge in [0, 0.05) is 0 Å². The molecular formula is C22H18OS. The predicted octanol–water partition coefficient (Wildman–Crippen LogP) is 6.17. The molecule has 118 valence electrons. The molecule has 0 aliphatic rings. The Morgan fingerprint density at radius 2 is 0.875 bits per heavy atom. The molecule has 0 saturated carbocycles. The Morgan fingerprint density at radius 3 is 1.08 bits per heavy atom. The molecule has 2 heteroatoms. The molecule has 0 spiro atoms. The summed E-state index contributed by atoms with van der Waals surface area (Å²) in [6.45, 7) is 6.52. The van der Waals surface area contributed by atoms with Crippen molar-refractivity contribution >= 4 is 43.1 Å². The van der Waals surface area contributed by atoms with Gasteiger partial charge in [0.25, 0.3) is 0 Å². The number of benzene rings is 4. The standard InChI is InChI=1S/C18H12.C4H6OS/c1-2-6-14-10-18-12-16-8-4-3-7-15(16)11-17(18)9-13(14)5-1;1-3-6(5)4-2/h1-12H;3-4H,1-2H2. The van der Waals surface area contributed by atoms with Gasteiger partial charge in [-0.1, -0.05) is 61.7 Å². The van der Waals surface area contributed by atoms with Gasteiger partial charge in [0.15, 0.2) is 0 Å². The van der Waals surface area contributed by atoms with E-state index in [1.54, 1.807) is 0 Å². The van der Waals surface area contributed by atoms with E-state index in [-0.39, 0.29) is 0 Å². The molecule has 0 radical (unpaired) electrons. The van der Waals surface area contributed by atoms with Crippen LogP contribution < -0.4 is 0 Å². The summed E-state index contributed by atoms with van der Waals surface area (Å²) in [7, 11) is -1.01. The zero-order valence-corrected chi connectivity index (χ0v) is 14.1. The summed E-state index contributed by atoms with van der Waals surface area (Å²) in [5.74, 6) is 0. The van der Waals surface area contributed by atoms with E-state index in [1.165, 1.54) is 43.1 Å². The van der Waals surface area contributed by atoms with Crippen LogP contribution >= 0.6 is 0 Å². The van der Waals surface area contributed by atoms with Crippen molar-refractivity contribution < 1.29 is 4.21 Å². The minimum absolute atomic E-state index is 1.01. The van der Waals surface area contributed by atoms with Crippen LogP contribution in [0.2, 0.25) is 0 Å². The molecule has 0 bridgehead atoms. The van der Waals surface area contributed by atoms with E-state index >= 15 is 0 Å². The van der Waals surface area contributed by atoms with Gasteiger partial charge in [0.1, 0.15) is 0 Å². The topological polar surface area (TPSA) is 17.1 Å². The SMILES string of the molecule is C=CS(=O)C=C.c1ccc2cc3cc4ccccc4cc3cc2c1. The Balaban J connectivity index is 0.000000246. The van der Waals surface area contributed by atoms with Crippen molar-refractivity contribution in [2.24, 2.45) is 0 Å². The lowest BCUT2D eigenvalue weighted by molar-refractivity contribution is 0.693. The maximum Gasteiger partial charge on any atom is 0.0690 e. The van der Waals surface area contributed by atoms with E-state index in [0.717, 1.165) is 0 Å². The molecule has 0 N–H and O–H groups in total. The van der Waals surface area contributed by atoms with Crippen LogP contribution in [-0.2, 0) is 10.8 Å². The molecule has 0 aliphatic carbocycles. The number of hydrogen-bond acceptors (Lipinski definition) is 1. The summed E-state index contributed by atoms with van der Waals surface area (Å²) in [4.78, 5) is 0. The second-order valence-electron chi connectivity index (χ2n) is 5.41. The monoisotopic (exact) mass is 330 g/mol.